The van der Waals surface area contributed by atoms with Crippen LogP contribution in [0.2, 0.25) is 0 Å². The molecule has 1 aromatic carbocycles. The van der Waals surface area contributed by atoms with Crippen molar-refractivity contribution in [2.45, 2.75) is 19.8 Å². The molecular weight excluding hydrogens is 158 g/mol. The third-order valence-corrected chi connectivity index (χ3v) is 2.43. The van der Waals surface area contributed by atoms with E-state index in [1.807, 2.05) is 10.6 Å². The van der Waals surface area contributed by atoms with Crippen molar-refractivity contribution in [2.75, 3.05) is 0 Å². The summed E-state index contributed by atoms with van der Waals surface area (Å²) < 4.78 is 2.03. The van der Waals surface area contributed by atoms with Crippen LogP contribution >= 0.6 is 0 Å². The van der Waals surface area contributed by atoms with E-state index in [2.05, 4.69) is 45.2 Å². The van der Waals surface area contributed by atoms with Crippen molar-refractivity contribution in [3.05, 3.63) is 43.1 Å². The first-order valence-electron chi connectivity index (χ1n) is 4.61. The Morgan fingerprint density at radius 3 is 2.54 bits per heavy atom. The van der Waals surface area contributed by atoms with Gasteiger partial charge in [0.25, 0.3) is 0 Å². The fourth-order valence-electron chi connectivity index (χ4n) is 1.71. The van der Waals surface area contributed by atoms with Crippen LogP contribution in [0.1, 0.15) is 25.5 Å². The van der Waals surface area contributed by atoms with Gasteiger partial charge in [0.15, 0.2) is 0 Å². The zero-order valence-corrected chi connectivity index (χ0v) is 8.12. The summed E-state index contributed by atoms with van der Waals surface area (Å²) in [5.74, 6) is 0.532. The first-order valence-corrected chi connectivity index (χ1v) is 4.61. The maximum absolute atomic E-state index is 4.05. The maximum Gasteiger partial charge on any atom is 0.0483 e. The highest BCUT2D eigenvalue weighted by Crippen LogP contribution is 2.23. The van der Waals surface area contributed by atoms with Gasteiger partial charge in [-0.25, -0.2) is 0 Å². The van der Waals surface area contributed by atoms with Gasteiger partial charge in [0.2, 0.25) is 0 Å². The van der Waals surface area contributed by atoms with E-state index in [1.165, 1.54) is 16.6 Å². The fourth-order valence-corrected chi connectivity index (χ4v) is 1.71. The minimum atomic E-state index is 0.532. The Labute approximate surface area is 79.0 Å². The highest BCUT2D eigenvalue weighted by molar-refractivity contribution is 5.81. The van der Waals surface area contributed by atoms with Crippen LogP contribution in [0.5, 0.6) is 0 Å². The summed E-state index contributed by atoms with van der Waals surface area (Å²) in [5.41, 5.74) is 2.51. The van der Waals surface area contributed by atoms with Gasteiger partial charge in [0, 0.05) is 18.3 Å². The van der Waals surface area contributed by atoms with Crippen molar-refractivity contribution in [1.82, 2.24) is 4.57 Å². The molecule has 0 aliphatic carbocycles. The second-order valence-electron chi connectivity index (χ2n) is 3.71. The van der Waals surface area contributed by atoms with E-state index >= 15 is 0 Å². The van der Waals surface area contributed by atoms with E-state index < -0.39 is 0 Å². The molecule has 0 aliphatic rings. The largest absolute Gasteiger partial charge is 0.343 e. The molecule has 0 amide bonds. The van der Waals surface area contributed by atoms with Crippen molar-refractivity contribution < 1.29 is 0 Å². The smallest absolute Gasteiger partial charge is 0.0483 e. The average Bonchev–Trinajstić information content (AvgIpc) is 2.45. The van der Waals surface area contributed by atoms with Crippen LogP contribution in [0.15, 0.2) is 30.3 Å². The molecule has 0 fully saturated rings. The van der Waals surface area contributed by atoms with E-state index in [-0.39, 0.29) is 0 Å². The predicted octanol–water partition coefficient (Wildman–Crippen LogP) is 3.40. The Bertz CT molecular complexity index is 424. The molecule has 0 saturated carbocycles. The Morgan fingerprint density at radius 2 is 1.92 bits per heavy atom. The minimum absolute atomic E-state index is 0.532. The molecule has 67 valence electrons. The molecule has 1 aromatic heterocycles. The van der Waals surface area contributed by atoms with Crippen LogP contribution in [-0.4, -0.2) is 4.57 Å². The molecule has 0 unspecified atom stereocenters. The first-order chi connectivity index (χ1) is 6.20. The van der Waals surface area contributed by atoms with Gasteiger partial charge in [0.1, 0.15) is 0 Å². The lowest BCUT2D eigenvalue weighted by atomic mass is 10.1. The van der Waals surface area contributed by atoms with Crippen LogP contribution in [0.3, 0.4) is 0 Å². The molecule has 0 atom stereocenters. The topological polar surface area (TPSA) is 4.93 Å². The Kier molecular flexibility index (Phi) is 1.87. The van der Waals surface area contributed by atoms with E-state index in [1.54, 1.807) is 0 Å². The fraction of sp³-hybridized carbons (Fsp3) is 0.250. The number of para-hydroxylation sites is 1. The summed E-state index contributed by atoms with van der Waals surface area (Å²) in [6, 6.07) is 10.6. The molecule has 1 nitrogen and oxygen atoms in total. The van der Waals surface area contributed by atoms with Crippen molar-refractivity contribution >= 4 is 10.9 Å². The SMILES string of the molecule is [CH2]n1c(C(C)C)cc2ccccc21. The van der Waals surface area contributed by atoms with Crippen molar-refractivity contribution in [1.29, 1.82) is 0 Å². The van der Waals surface area contributed by atoms with Crippen LogP contribution < -0.4 is 0 Å². The van der Waals surface area contributed by atoms with Gasteiger partial charge in [-0.2, -0.15) is 0 Å². The van der Waals surface area contributed by atoms with Crippen LogP contribution in [0.25, 0.3) is 10.9 Å². The number of aromatic nitrogens is 1. The van der Waals surface area contributed by atoms with Gasteiger partial charge in [-0.15, -0.1) is 0 Å². The molecule has 1 heteroatoms. The zero-order valence-electron chi connectivity index (χ0n) is 8.12. The zero-order chi connectivity index (χ0) is 9.42. The molecule has 1 heterocycles. The highest BCUT2D eigenvalue weighted by Gasteiger charge is 2.07. The first kappa shape index (κ1) is 8.36. The van der Waals surface area contributed by atoms with Gasteiger partial charge in [-0.05, 0) is 23.4 Å². The normalized spacial score (nSPS) is 11.4. The molecule has 0 N–H and O–H groups in total. The van der Waals surface area contributed by atoms with Gasteiger partial charge in [0.05, 0.1) is 0 Å². The van der Waals surface area contributed by atoms with E-state index in [4.69, 9.17) is 0 Å². The molecule has 13 heavy (non-hydrogen) atoms. The van der Waals surface area contributed by atoms with E-state index in [9.17, 15) is 0 Å². The summed E-state index contributed by atoms with van der Waals surface area (Å²) >= 11 is 0. The number of hydrogen-bond acceptors (Lipinski definition) is 0. The molecule has 0 bridgehead atoms. The van der Waals surface area contributed by atoms with Gasteiger partial charge >= 0.3 is 0 Å². The number of rotatable bonds is 1. The van der Waals surface area contributed by atoms with Crippen LogP contribution in [-0.2, 0) is 0 Å². The molecule has 0 saturated heterocycles. The van der Waals surface area contributed by atoms with Crippen molar-refractivity contribution in [2.24, 2.45) is 0 Å². The summed E-state index contributed by atoms with van der Waals surface area (Å²) in [6.07, 6.45) is 0. The van der Waals surface area contributed by atoms with E-state index in [0.717, 1.165) is 0 Å². The third-order valence-electron chi connectivity index (χ3n) is 2.43. The van der Waals surface area contributed by atoms with Gasteiger partial charge in [-0.3, -0.25) is 0 Å². The lowest BCUT2D eigenvalue weighted by molar-refractivity contribution is 0.794. The number of fused-ring (bicyclic) bond motifs is 1. The number of hydrogen-bond donors (Lipinski definition) is 0. The van der Waals surface area contributed by atoms with Crippen molar-refractivity contribution in [3.8, 4) is 0 Å². The minimum Gasteiger partial charge on any atom is -0.343 e. The highest BCUT2D eigenvalue weighted by atomic mass is 14.9. The number of nitrogens with zero attached hydrogens (tertiary/aromatic N) is 1. The molecule has 0 spiro atoms. The lowest BCUT2D eigenvalue weighted by Gasteiger charge is -2.06. The standard InChI is InChI=1S/C12H14N/c1-9(2)12-8-10-6-4-5-7-11(10)13(12)3/h4-9H,3H2,1-2H3. The van der Waals surface area contributed by atoms with Crippen LogP contribution in [0, 0.1) is 7.05 Å². The maximum atomic E-state index is 4.05. The molecule has 0 aliphatic heterocycles. The predicted molar refractivity (Wildman–Crippen MR) is 56.8 cm³/mol. The quantitative estimate of drug-likeness (QED) is 0.621. The van der Waals surface area contributed by atoms with E-state index in [0.29, 0.717) is 5.92 Å². The molecular formula is C12H14N. The third kappa shape index (κ3) is 1.24. The second-order valence-corrected chi connectivity index (χ2v) is 3.71. The van der Waals surface area contributed by atoms with Gasteiger partial charge < -0.3 is 4.57 Å². The molecule has 2 aromatic rings. The Balaban J connectivity index is 2.74. The van der Waals surface area contributed by atoms with Gasteiger partial charge in [-0.1, -0.05) is 32.0 Å². The number of benzene rings is 1. The van der Waals surface area contributed by atoms with Crippen molar-refractivity contribution in [3.63, 3.8) is 0 Å². The van der Waals surface area contributed by atoms with Crippen LogP contribution in [0.4, 0.5) is 0 Å². The lowest BCUT2D eigenvalue weighted by Crippen LogP contribution is -1.95. The molecule has 2 rings (SSSR count). The Hall–Kier alpha value is -1.24. The average molecular weight is 172 g/mol. The summed E-state index contributed by atoms with van der Waals surface area (Å²) in [6.45, 7) is 4.38. The summed E-state index contributed by atoms with van der Waals surface area (Å²) in [5, 5.41) is 1.28. The Morgan fingerprint density at radius 1 is 1.23 bits per heavy atom. The summed E-state index contributed by atoms with van der Waals surface area (Å²) in [4.78, 5) is 0. The molecule has 1 radical (unpaired) electrons. The summed E-state index contributed by atoms with van der Waals surface area (Å²) in [7, 11) is 4.05. The monoisotopic (exact) mass is 172 g/mol. The second kappa shape index (κ2) is 2.91.